The summed E-state index contributed by atoms with van der Waals surface area (Å²) in [7, 11) is 0. The van der Waals surface area contributed by atoms with Crippen LogP contribution in [0.2, 0.25) is 0 Å². The standard InChI is InChI=1S/C42H59N5O4S/c1-25(2)51-41(49)45-40(46-16-12-29(13-17-46)30-14-18-50-19-15-30)43-24-28(5)36-34-23-35(42(6,7)39(48)47-32-8-9-33(47)11-10-32)52-38(34)44-37(36)31-21-26(3)20-27(4)22-31/h20-23,25,28-30,32-33,44H,8-19,24H2,1-7H3,(H,43,45,49). The van der Waals surface area contributed by atoms with Crippen LogP contribution >= 0.6 is 11.3 Å². The first-order valence-electron chi connectivity index (χ1n) is 19.8. The van der Waals surface area contributed by atoms with Crippen molar-refractivity contribution in [3.8, 4) is 11.3 Å². The van der Waals surface area contributed by atoms with Gasteiger partial charge in [0.15, 0.2) is 0 Å². The molecule has 1 atom stereocenters. The Morgan fingerprint density at radius 1 is 0.942 bits per heavy atom. The van der Waals surface area contributed by atoms with Crippen molar-refractivity contribution in [1.82, 2.24) is 20.1 Å². The van der Waals surface area contributed by atoms with Gasteiger partial charge in [-0.2, -0.15) is 0 Å². The van der Waals surface area contributed by atoms with Crippen molar-refractivity contribution >= 4 is 39.5 Å². The molecule has 0 saturated carbocycles. The number of hydrogen-bond donors (Lipinski definition) is 2. The third kappa shape index (κ3) is 7.52. The normalized spacial score (nSPS) is 22.5. The molecule has 4 aliphatic heterocycles. The van der Waals surface area contributed by atoms with Crippen LogP contribution in [0.25, 0.3) is 21.5 Å². The maximum atomic E-state index is 14.2. The molecule has 10 heteroatoms. The third-order valence-electron chi connectivity index (χ3n) is 12.2. The highest BCUT2D eigenvalue weighted by molar-refractivity contribution is 7.19. The molecule has 0 radical (unpaired) electrons. The van der Waals surface area contributed by atoms with Crippen LogP contribution in [-0.4, -0.2) is 83.8 Å². The van der Waals surface area contributed by atoms with E-state index in [2.05, 4.69) is 79.0 Å². The van der Waals surface area contributed by atoms with Gasteiger partial charge in [-0.1, -0.05) is 24.1 Å². The van der Waals surface area contributed by atoms with Gasteiger partial charge in [-0.05, 0) is 134 Å². The average Bonchev–Trinajstić information content (AvgIpc) is 3.90. The van der Waals surface area contributed by atoms with Crippen molar-refractivity contribution in [2.24, 2.45) is 16.8 Å². The Bertz CT molecular complexity index is 1750. The highest BCUT2D eigenvalue weighted by Crippen LogP contribution is 2.46. The summed E-state index contributed by atoms with van der Waals surface area (Å²) in [5, 5.41) is 4.19. The SMILES string of the molecule is Cc1cc(C)cc(-c2[nH]c3sc(C(C)(C)C(=O)N4C5CCC4CC5)cc3c2C(C)CN=C(NC(=O)OC(C)C)N2CCC(C3CCOCC3)CC2)c1. The number of thiophene rings is 1. The summed E-state index contributed by atoms with van der Waals surface area (Å²) in [6.45, 7) is 18.4. The van der Waals surface area contributed by atoms with E-state index in [0.29, 0.717) is 30.5 Å². The van der Waals surface area contributed by atoms with Crippen LogP contribution in [0, 0.1) is 25.7 Å². The number of fused-ring (bicyclic) bond motifs is 3. The number of aliphatic imine (C=N–C) groups is 1. The van der Waals surface area contributed by atoms with E-state index in [-0.39, 0.29) is 17.9 Å². The van der Waals surface area contributed by atoms with Gasteiger partial charge in [0, 0.05) is 61.1 Å². The van der Waals surface area contributed by atoms with Crippen LogP contribution in [0.3, 0.4) is 0 Å². The Balaban J connectivity index is 1.19. The van der Waals surface area contributed by atoms with Crippen LogP contribution in [-0.2, 0) is 19.7 Å². The van der Waals surface area contributed by atoms with Gasteiger partial charge in [0.05, 0.1) is 17.2 Å². The first-order valence-corrected chi connectivity index (χ1v) is 20.6. The molecule has 0 spiro atoms. The molecule has 6 heterocycles. The van der Waals surface area contributed by atoms with Crippen LogP contribution < -0.4 is 5.32 Å². The maximum absolute atomic E-state index is 14.2. The highest BCUT2D eigenvalue weighted by Gasteiger charge is 2.47. The lowest BCUT2D eigenvalue weighted by Crippen LogP contribution is -2.49. The lowest BCUT2D eigenvalue weighted by atomic mass is 9.80. The number of piperidine rings is 1. The molecule has 2 aromatic heterocycles. The highest BCUT2D eigenvalue weighted by atomic mass is 32.1. The Morgan fingerprint density at radius 2 is 1.56 bits per heavy atom. The van der Waals surface area contributed by atoms with E-state index in [9.17, 15) is 9.59 Å². The van der Waals surface area contributed by atoms with Crippen LogP contribution in [0.5, 0.6) is 0 Å². The van der Waals surface area contributed by atoms with Gasteiger partial charge >= 0.3 is 6.09 Å². The predicted octanol–water partition coefficient (Wildman–Crippen LogP) is 8.68. The molecular weight excluding hydrogens is 671 g/mol. The molecule has 4 fully saturated rings. The number of aromatic amines is 1. The van der Waals surface area contributed by atoms with Gasteiger partial charge in [0.1, 0.15) is 4.83 Å². The van der Waals surface area contributed by atoms with Crippen molar-refractivity contribution in [3.05, 3.63) is 45.8 Å². The smallest absolute Gasteiger partial charge is 0.414 e. The predicted molar refractivity (Wildman–Crippen MR) is 210 cm³/mol. The fraction of sp³-hybridized carbons (Fsp3) is 0.643. The van der Waals surface area contributed by atoms with Gasteiger partial charge in [0.2, 0.25) is 11.9 Å². The van der Waals surface area contributed by atoms with Crippen LogP contribution in [0.15, 0.2) is 29.3 Å². The molecule has 4 aliphatic rings. The topological polar surface area (TPSA) is 99.3 Å². The maximum Gasteiger partial charge on any atom is 0.414 e. The monoisotopic (exact) mass is 729 g/mol. The van der Waals surface area contributed by atoms with Gasteiger partial charge < -0.3 is 24.3 Å². The van der Waals surface area contributed by atoms with E-state index in [1.807, 2.05) is 13.8 Å². The van der Waals surface area contributed by atoms with E-state index in [1.165, 1.54) is 16.7 Å². The number of H-pyrrole nitrogens is 1. The zero-order chi connectivity index (χ0) is 36.7. The lowest BCUT2D eigenvalue weighted by molar-refractivity contribution is -0.137. The minimum Gasteiger partial charge on any atom is -0.447 e. The van der Waals surface area contributed by atoms with Crippen LogP contribution in [0.1, 0.15) is 113 Å². The lowest BCUT2D eigenvalue weighted by Gasteiger charge is -2.38. The molecule has 52 heavy (non-hydrogen) atoms. The number of likely N-dealkylation sites (tertiary alicyclic amines) is 1. The molecule has 282 valence electrons. The Morgan fingerprint density at radius 3 is 2.17 bits per heavy atom. The number of nitrogens with zero attached hydrogens (tertiary/aromatic N) is 3. The molecule has 2 bridgehead atoms. The molecule has 2 N–H and O–H groups in total. The number of alkyl carbamates (subject to hydrolysis) is 1. The Kier molecular flexibility index (Phi) is 10.8. The number of ether oxygens (including phenoxy) is 2. The molecule has 9 nitrogen and oxygen atoms in total. The number of carbonyl (C=O) groups excluding carboxylic acids is 2. The second-order valence-electron chi connectivity index (χ2n) is 16.9. The van der Waals surface area contributed by atoms with E-state index < -0.39 is 11.5 Å². The van der Waals surface area contributed by atoms with Crippen molar-refractivity contribution in [2.75, 3.05) is 32.8 Å². The molecule has 2 amide bonds. The van der Waals surface area contributed by atoms with Crippen molar-refractivity contribution in [2.45, 2.75) is 129 Å². The zero-order valence-electron chi connectivity index (χ0n) is 32.3. The molecule has 4 saturated heterocycles. The summed E-state index contributed by atoms with van der Waals surface area (Å²) < 4.78 is 11.2. The Labute approximate surface area is 313 Å². The molecular formula is C42H59N5O4S. The minimum atomic E-state index is -0.612. The molecule has 1 unspecified atom stereocenters. The number of nitrogens with one attached hydrogen (secondary N) is 2. The van der Waals surface area contributed by atoms with E-state index in [1.54, 1.807) is 11.3 Å². The van der Waals surface area contributed by atoms with Crippen molar-refractivity contribution in [3.63, 3.8) is 0 Å². The number of amides is 2. The van der Waals surface area contributed by atoms with Crippen molar-refractivity contribution < 1.29 is 19.1 Å². The number of benzene rings is 1. The van der Waals surface area contributed by atoms with E-state index in [4.69, 9.17) is 14.5 Å². The molecule has 3 aromatic rings. The Hall–Kier alpha value is -3.37. The quantitative estimate of drug-likeness (QED) is 0.179. The van der Waals surface area contributed by atoms with Gasteiger partial charge in [0.25, 0.3) is 0 Å². The number of aryl methyl sites for hydroxylation is 2. The first kappa shape index (κ1) is 37.0. The summed E-state index contributed by atoms with van der Waals surface area (Å²) in [5.41, 5.74) is 5.30. The number of guanidine groups is 1. The van der Waals surface area contributed by atoms with Crippen LogP contribution in [0.4, 0.5) is 4.79 Å². The number of aromatic nitrogens is 1. The minimum absolute atomic E-state index is 0.0259. The van der Waals surface area contributed by atoms with E-state index in [0.717, 1.165) is 110 Å². The zero-order valence-corrected chi connectivity index (χ0v) is 33.2. The van der Waals surface area contributed by atoms with E-state index >= 15 is 0 Å². The summed E-state index contributed by atoms with van der Waals surface area (Å²) >= 11 is 1.71. The average molecular weight is 730 g/mol. The first-order chi connectivity index (χ1) is 24.9. The molecule has 7 rings (SSSR count). The third-order valence-corrected chi connectivity index (χ3v) is 13.6. The fourth-order valence-corrected chi connectivity index (χ4v) is 10.6. The van der Waals surface area contributed by atoms with Gasteiger partial charge in [-0.3, -0.25) is 15.1 Å². The van der Waals surface area contributed by atoms with Gasteiger partial charge in [-0.15, -0.1) is 11.3 Å². The largest absolute Gasteiger partial charge is 0.447 e. The summed E-state index contributed by atoms with van der Waals surface area (Å²) in [6, 6.07) is 9.78. The number of carbonyl (C=O) groups is 2. The number of rotatable bonds is 8. The summed E-state index contributed by atoms with van der Waals surface area (Å²) in [4.78, 5) is 42.8. The summed E-state index contributed by atoms with van der Waals surface area (Å²) in [5.74, 6) is 2.29. The second-order valence-corrected chi connectivity index (χ2v) is 17.9. The number of hydrogen-bond acceptors (Lipinski definition) is 6. The molecule has 1 aromatic carbocycles. The van der Waals surface area contributed by atoms with Gasteiger partial charge in [-0.25, -0.2) is 4.79 Å². The second kappa shape index (κ2) is 15.2. The van der Waals surface area contributed by atoms with Crippen molar-refractivity contribution in [1.29, 1.82) is 0 Å². The summed E-state index contributed by atoms with van der Waals surface area (Å²) in [6.07, 6.45) is 8.32. The fourth-order valence-electron chi connectivity index (χ4n) is 9.48. The molecule has 0 aliphatic carbocycles.